The summed E-state index contributed by atoms with van der Waals surface area (Å²) >= 11 is 0. The van der Waals surface area contributed by atoms with E-state index in [-0.39, 0.29) is 5.41 Å². The molecule has 10 aromatic rings. The summed E-state index contributed by atoms with van der Waals surface area (Å²) in [5.74, 6) is 0.705. The molecule has 0 saturated carbocycles. The number of hydrogen-bond donors (Lipinski definition) is 0. The van der Waals surface area contributed by atoms with Gasteiger partial charge in [-0.15, -0.1) is 0 Å². The van der Waals surface area contributed by atoms with Crippen molar-refractivity contribution in [3.63, 3.8) is 0 Å². The molecule has 0 saturated heterocycles. The van der Waals surface area contributed by atoms with E-state index in [9.17, 15) is 0 Å². The average molecular weight is 753 g/mol. The molecule has 0 fully saturated rings. The number of rotatable bonds is 6. The zero-order valence-electron chi connectivity index (χ0n) is 33.0. The lowest BCUT2D eigenvalue weighted by Crippen LogP contribution is -2.14. The monoisotopic (exact) mass is 752 g/mol. The van der Waals surface area contributed by atoms with Gasteiger partial charge in [-0.2, -0.15) is 0 Å². The Hall–Kier alpha value is -7.42. The Balaban J connectivity index is 0.981. The van der Waals surface area contributed by atoms with Crippen LogP contribution < -0.4 is 0 Å². The van der Waals surface area contributed by atoms with E-state index in [0.717, 1.165) is 39.0 Å². The number of benzene rings is 9. The summed E-state index contributed by atoms with van der Waals surface area (Å²) < 4.78 is 0. The minimum absolute atomic E-state index is 0.00150. The molecule has 2 heteroatoms. The summed E-state index contributed by atoms with van der Waals surface area (Å²) in [5, 5.41) is 4.81. The van der Waals surface area contributed by atoms with E-state index in [4.69, 9.17) is 9.97 Å². The maximum atomic E-state index is 5.25. The standard InChI is InChI=1S/C57H40N2/c1-57(2)52-22-11-10-21-49(52)51-35-44(29-32-53(51)57)38-23-26-39(27-24-38)46-30-31-50(48-20-9-8-19-47(46)48)55-36-54(58-56(59-55)40-14-4-3-5-15-40)45-18-12-17-42(34-45)43-28-25-37-13-6-7-16-41(37)33-43/h3-36H,1-2H3. The van der Waals surface area contributed by atoms with Crippen molar-refractivity contribution in [2.75, 3.05) is 0 Å². The smallest absolute Gasteiger partial charge is 0.160 e. The molecule has 1 aromatic heterocycles. The van der Waals surface area contributed by atoms with Crippen molar-refractivity contribution in [3.8, 4) is 78.4 Å². The van der Waals surface area contributed by atoms with Gasteiger partial charge in [-0.25, -0.2) is 9.97 Å². The van der Waals surface area contributed by atoms with Crippen molar-refractivity contribution >= 4 is 21.5 Å². The van der Waals surface area contributed by atoms with E-state index in [1.165, 1.54) is 66.2 Å². The fourth-order valence-corrected chi connectivity index (χ4v) is 9.19. The molecule has 1 aliphatic rings. The lowest BCUT2D eigenvalue weighted by atomic mass is 9.82. The summed E-state index contributed by atoms with van der Waals surface area (Å²) in [4.78, 5) is 10.4. The molecule has 0 bridgehead atoms. The Bertz CT molecular complexity index is 3230. The third-order valence-corrected chi connectivity index (χ3v) is 12.3. The Kier molecular flexibility index (Phi) is 8.20. The molecule has 1 aliphatic carbocycles. The van der Waals surface area contributed by atoms with Crippen molar-refractivity contribution < 1.29 is 0 Å². The third kappa shape index (κ3) is 6.04. The minimum Gasteiger partial charge on any atom is -0.228 e. The fraction of sp³-hybridized carbons (Fsp3) is 0.0526. The molecule has 278 valence electrons. The molecule has 0 amide bonds. The lowest BCUT2D eigenvalue weighted by molar-refractivity contribution is 0.660. The summed E-state index contributed by atoms with van der Waals surface area (Å²) in [5.41, 5.74) is 17.5. The summed E-state index contributed by atoms with van der Waals surface area (Å²) in [6.07, 6.45) is 0. The molecule has 0 spiro atoms. The Labute approximate surface area is 345 Å². The first kappa shape index (κ1) is 34.8. The summed E-state index contributed by atoms with van der Waals surface area (Å²) in [7, 11) is 0. The molecule has 1 heterocycles. The molecule has 0 aliphatic heterocycles. The van der Waals surface area contributed by atoms with Gasteiger partial charge in [0.05, 0.1) is 11.4 Å². The fourth-order valence-electron chi connectivity index (χ4n) is 9.19. The van der Waals surface area contributed by atoms with Gasteiger partial charge in [0.1, 0.15) is 0 Å². The zero-order chi connectivity index (χ0) is 39.5. The van der Waals surface area contributed by atoms with Crippen LogP contribution >= 0.6 is 0 Å². The van der Waals surface area contributed by atoms with Gasteiger partial charge in [-0.1, -0.05) is 196 Å². The zero-order valence-corrected chi connectivity index (χ0v) is 33.0. The van der Waals surface area contributed by atoms with E-state index in [1.807, 2.05) is 18.2 Å². The highest BCUT2D eigenvalue weighted by Crippen LogP contribution is 2.49. The highest BCUT2D eigenvalue weighted by molar-refractivity contribution is 6.05. The quantitative estimate of drug-likeness (QED) is 0.169. The van der Waals surface area contributed by atoms with Crippen molar-refractivity contribution in [2.24, 2.45) is 0 Å². The second-order valence-electron chi connectivity index (χ2n) is 16.2. The second kappa shape index (κ2) is 13.9. The molecule has 59 heavy (non-hydrogen) atoms. The predicted molar refractivity (Wildman–Crippen MR) is 247 cm³/mol. The van der Waals surface area contributed by atoms with Crippen LogP contribution in [0.25, 0.3) is 100.0 Å². The first-order valence-corrected chi connectivity index (χ1v) is 20.4. The van der Waals surface area contributed by atoms with Gasteiger partial charge < -0.3 is 0 Å². The highest BCUT2D eigenvalue weighted by atomic mass is 14.9. The molecule has 0 atom stereocenters. The van der Waals surface area contributed by atoms with Gasteiger partial charge in [-0.3, -0.25) is 0 Å². The van der Waals surface area contributed by atoms with Crippen molar-refractivity contribution in [1.29, 1.82) is 0 Å². The van der Waals surface area contributed by atoms with E-state index in [1.54, 1.807) is 0 Å². The second-order valence-corrected chi connectivity index (χ2v) is 16.2. The van der Waals surface area contributed by atoms with Gasteiger partial charge in [0.2, 0.25) is 0 Å². The maximum absolute atomic E-state index is 5.25. The maximum Gasteiger partial charge on any atom is 0.160 e. The van der Waals surface area contributed by atoms with Gasteiger partial charge in [0.25, 0.3) is 0 Å². The van der Waals surface area contributed by atoms with Crippen molar-refractivity contribution in [3.05, 3.63) is 217 Å². The third-order valence-electron chi connectivity index (χ3n) is 12.3. The van der Waals surface area contributed by atoms with E-state index < -0.39 is 0 Å². The van der Waals surface area contributed by atoms with E-state index in [0.29, 0.717) is 5.82 Å². The van der Waals surface area contributed by atoms with Gasteiger partial charge in [0.15, 0.2) is 5.82 Å². The van der Waals surface area contributed by atoms with Gasteiger partial charge in [-0.05, 0) is 101 Å². The molecule has 0 unspecified atom stereocenters. The van der Waals surface area contributed by atoms with Gasteiger partial charge >= 0.3 is 0 Å². The number of hydrogen-bond acceptors (Lipinski definition) is 2. The van der Waals surface area contributed by atoms with Crippen LogP contribution in [0.3, 0.4) is 0 Å². The number of nitrogens with zero attached hydrogens (tertiary/aromatic N) is 2. The molecule has 2 nitrogen and oxygen atoms in total. The lowest BCUT2D eigenvalue weighted by Gasteiger charge is -2.21. The van der Waals surface area contributed by atoms with Crippen LogP contribution in [0, 0.1) is 0 Å². The molecule has 0 N–H and O–H groups in total. The van der Waals surface area contributed by atoms with Crippen molar-refractivity contribution in [2.45, 2.75) is 19.3 Å². The molecular formula is C57H40N2. The highest BCUT2D eigenvalue weighted by Gasteiger charge is 2.35. The number of aromatic nitrogens is 2. The molecular weight excluding hydrogens is 713 g/mol. The topological polar surface area (TPSA) is 25.8 Å². The normalized spacial score (nSPS) is 12.7. The van der Waals surface area contributed by atoms with Crippen LogP contribution in [0.1, 0.15) is 25.0 Å². The van der Waals surface area contributed by atoms with Crippen LogP contribution in [0.15, 0.2) is 206 Å². The Morgan fingerprint density at radius 3 is 1.73 bits per heavy atom. The Morgan fingerprint density at radius 2 is 0.881 bits per heavy atom. The van der Waals surface area contributed by atoms with Crippen molar-refractivity contribution in [1.82, 2.24) is 9.97 Å². The average Bonchev–Trinajstić information content (AvgIpc) is 3.53. The van der Waals surface area contributed by atoms with E-state index >= 15 is 0 Å². The Morgan fingerprint density at radius 1 is 0.305 bits per heavy atom. The summed E-state index contributed by atoms with van der Waals surface area (Å²) in [6, 6.07) is 74.4. The van der Waals surface area contributed by atoms with E-state index in [2.05, 4.69) is 202 Å². The van der Waals surface area contributed by atoms with Crippen LogP contribution in [-0.4, -0.2) is 9.97 Å². The SMILES string of the molecule is CC1(C)c2ccccc2-c2cc(-c3ccc(-c4ccc(-c5cc(-c6cccc(-c7ccc8ccccc8c7)c6)nc(-c6ccccc6)n5)c5ccccc45)cc3)ccc21. The summed E-state index contributed by atoms with van der Waals surface area (Å²) in [6.45, 7) is 4.67. The first-order valence-electron chi connectivity index (χ1n) is 20.4. The van der Waals surface area contributed by atoms with Crippen LogP contribution in [0.5, 0.6) is 0 Å². The van der Waals surface area contributed by atoms with Crippen LogP contribution in [0.4, 0.5) is 0 Å². The predicted octanol–water partition coefficient (Wildman–Crippen LogP) is 15.1. The first-order chi connectivity index (χ1) is 29.0. The largest absolute Gasteiger partial charge is 0.228 e. The minimum atomic E-state index is 0.00150. The van der Waals surface area contributed by atoms with Crippen LogP contribution in [0.2, 0.25) is 0 Å². The molecule has 11 rings (SSSR count). The number of fused-ring (bicyclic) bond motifs is 5. The molecule has 0 radical (unpaired) electrons. The molecule has 9 aromatic carbocycles. The van der Waals surface area contributed by atoms with Gasteiger partial charge in [0, 0.05) is 22.1 Å². The van der Waals surface area contributed by atoms with Crippen LogP contribution in [-0.2, 0) is 5.41 Å².